The Morgan fingerprint density at radius 2 is 1.69 bits per heavy atom. The minimum absolute atomic E-state index is 0.0196. The first kappa shape index (κ1) is 19.4. The molecule has 2 aliphatic heterocycles. The first-order valence-corrected chi connectivity index (χ1v) is 9.32. The maximum Gasteiger partial charge on any atom is 0.737 e. The van der Waals surface area contributed by atoms with E-state index in [1.807, 2.05) is 0 Å². The first-order valence-electron chi connectivity index (χ1n) is 9.32. The molecule has 152 valence electrons. The van der Waals surface area contributed by atoms with Gasteiger partial charge in [0.1, 0.15) is 5.71 Å². The zero-order valence-electron chi connectivity index (χ0n) is 17.2. The van der Waals surface area contributed by atoms with E-state index in [9.17, 15) is 4.39 Å². The van der Waals surface area contributed by atoms with Crippen molar-refractivity contribution in [3.8, 4) is 11.5 Å². The van der Waals surface area contributed by atoms with Crippen LogP contribution < -0.4 is 9.47 Å². The highest BCUT2D eigenvalue weighted by Crippen LogP contribution is 2.45. The van der Waals surface area contributed by atoms with E-state index in [4.69, 9.17) is 9.47 Å². The van der Waals surface area contributed by atoms with Crippen LogP contribution >= 0.6 is 0 Å². The van der Waals surface area contributed by atoms with E-state index in [-0.39, 0.29) is 11.5 Å². The summed E-state index contributed by atoms with van der Waals surface area (Å²) in [6.45, 7) is 2.84. The second-order valence-electron chi connectivity index (χ2n) is 7.53. The van der Waals surface area contributed by atoms with Crippen LogP contribution in [0.25, 0.3) is 5.57 Å². The summed E-state index contributed by atoms with van der Waals surface area (Å²) in [5.41, 5.74) is 4.12. The number of halogens is 3. The van der Waals surface area contributed by atoms with Gasteiger partial charge in [-0.15, -0.1) is 0 Å². The molecule has 29 heavy (non-hydrogen) atoms. The SMILES string of the molecule is COc1cc(C2=C3C(C)=CC(C)=[N+]3[B-](F)(F)n3c(C)cc(C)c32)cc(F)c1OC. The molecule has 0 amide bonds. The number of aromatic nitrogens is 1. The zero-order valence-corrected chi connectivity index (χ0v) is 17.2. The van der Waals surface area contributed by atoms with Crippen molar-refractivity contribution in [2.75, 3.05) is 14.2 Å². The van der Waals surface area contributed by atoms with Gasteiger partial charge in [0.05, 0.1) is 19.8 Å². The van der Waals surface area contributed by atoms with E-state index in [2.05, 4.69) is 0 Å². The molecule has 1 aromatic heterocycles. The fraction of sp³-hybridized carbons (Fsp3) is 0.286. The minimum atomic E-state index is -4.07. The standard InChI is InChI=1S/C21H22BF3N2O2/c1-11-7-13(3)26-19(11)18(15-9-16(23)21(29-6)17(10-15)28-5)20-12(2)8-14(4)27(20)22(26,24)25/h7-10H,1-6H3. The molecule has 4 rings (SSSR count). The van der Waals surface area contributed by atoms with Crippen molar-refractivity contribution in [3.05, 3.63) is 63.9 Å². The van der Waals surface area contributed by atoms with Gasteiger partial charge in [-0.1, -0.05) is 0 Å². The van der Waals surface area contributed by atoms with Crippen molar-refractivity contribution in [2.45, 2.75) is 27.7 Å². The number of benzene rings is 1. The number of hydrogen-bond donors (Lipinski definition) is 0. The van der Waals surface area contributed by atoms with Crippen molar-refractivity contribution in [1.82, 2.24) is 4.48 Å². The van der Waals surface area contributed by atoms with Crippen LogP contribution in [0.2, 0.25) is 0 Å². The lowest BCUT2D eigenvalue weighted by molar-refractivity contribution is -0.363. The Balaban J connectivity index is 2.15. The minimum Gasteiger partial charge on any atom is -0.493 e. The lowest BCUT2D eigenvalue weighted by Crippen LogP contribution is -2.51. The molecule has 3 heterocycles. The van der Waals surface area contributed by atoms with Crippen molar-refractivity contribution < 1.29 is 27.0 Å². The predicted molar refractivity (Wildman–Crippen MR) is 107 cm³/mol. The summed E-state index contributed by atoms with van der Waals surface area (Å²) < 4.78 is 58.6. The second-order valence-corrected chi connectivity index (χ2v) is 7.53. The van der Waals surface area contributed by atoms with Gasteiger partial charge >= 0.3 is 6.97 Å². The largest absolute Gasteiger partial charge is 0.737 e. The van der Waals surface area contributed by atoms with Gasteiger partial charge in [0, 0.05) is 24.3 Å². The molecule has 0 aliphatic carbocycles. The summed E-state index contributed by atoms with van der Waals surface area (Å²) in [7, 11) is 2.77. The van der Waals surface area contributed by atoms with Gasteiger partial charge in [0.15, 0.2) is 23.0 Å². The molecule has 0 atom stereocenters. The van der Waals surface area contributed by atoms with Crippen LogP contribution in [-0.2, 0) is 0 Å². The van der Waals surface area contributed by atoms with Crippen LogP contribution in [0, 0.1) is 19.7 Å². The van der Waals surface area contributed by atoms with E-state index in [0.29, 0.717) is 45.1 Å². The molecule has 1 aromatic carbocycles. The fourth-order valence-corrected chi connectivity index (χ4v) is 4.63. The molecule has 0 unspecified atom stereocenters. The Hall–Kier alpha value is -2.90. The average molecular weight is 402 g/mol. The molecule has 0 spiro atoms. The van der Waals surface area contributed by atoms with Crippen LogP contribution in [-0.4, -0.2) is 35.9 Å². The summed E-state index contributed by atoms with van der Waals surface area (Å²) >= 11 is 0. The Morgan fingerprint density at radius 3 is 2.31 bits per heavy atom. The number of hydrogen-bond acceptors (Lipinski definition) is 2. The highest BCUT2D eigenvalue weighted by Gasteiger charge is 2.55. The Bertz CT molecular complexity index is 1160. The Labute approximate surface area is 167 Å². The summed E-state index contributed by atoms with van der Waals surface area (Å²) in [4.78, 5) is 0. The summed E-state index contributed by atoms with van der Waals surface area (Å²) in [6.07, 6.45) is 1.74. The highest BCUT2D eigenvalue weighted by atomic mass is 19.2. The number of methoxy groups -OCH3 is 2. The van der Waals surface area contributed by atoms with E-state index in [1.165, 1.54) is 20.3 Å². The molecule has 2 aromatic rings. The van der Waals surface area contributed by atoms with Crippen molar-refractivity contribution in [3.63, 3.8) is 0 Å². The Kier molecular flexibility index (Phi) is 4.22. The average Bonchev–Trinajstić information content (AvgIpc) is 3.11. The first-order chi connectivity index (χ1) is 13.6. The smallest absolute Gasteiger partial charge is 0.493 e. The predicted octanol–water partition coefficient (Wildman–Crippen LogP) is 4.69. The topological polar surface area (TPSA) is 26.4 Å². The molecule has 0 saturated carbocycles. The van der Waals surface area contributed by atoms with Crippen molar-refractivity contribution in [2.24, 2.45) is 0 Å². The number of fused-ring (bicyclic) bond motifs is 2. The van der Waals surface area contributed by atoms with Gasteiger partial charge < -0.3 is 27.1 Å². The van der Waals surface area contributed by atoms with Gasteiger partial charge in [0.25, 0.3) is 0 Å². The van der Waals surface area contributed by atoms with Gasteiger partial charge in [-0.25, -0.2) is 4.39 Å². The molecule has 8 heteroatoms. The summed E-state index contributed by atoms with van der Waals surface area (Å²) in [6, 6.07) is 4.68. The van der Waals surface area contributed by atoms with Crippen LogP contribution in [0.5, 0.6) is 11.5 Å². The Morgan fingerprint density at radius 1 is 1.00 bits per heavy atom. The molecule has 0 saturated heterocycles. The molecule has 0 radical (unpaired) electrons. The van der Waals surface area contributed by atoms with Gasteiger partial charge in [0.2, 0.25) is 0 Å². The number of rotatable bonds is 3. The molecular weight excluding hydrogens is 380 g/mol. The molecule has 2 aliphatic rings. The monoisotopic (exact) mass is 402 g/mol. The van der Waals surface area contributed by atoms with Crippen LogP contribution in [0.3, 0.4) is 0 Å². The van der Waals surface area contributed by atoms with Crippen LogP contribution in [0.1, 0.15) is 36.4 Å². The number of nitrogens with zero attached hydrogens (tertiary/aromatic N) is 2. The quantitative estimate of drug-likeness (QED) is 0.697. The number of allylic oxidation sites excluding steroid dienone is 2. The third-order valence-corrected chi connectivity index (χ3v) is 5.66. The maximum absolute atomic E-state index is 15.6. The molecular formula is C21H22BF3N2O2. The normalized spacial score (nSPS) is 17.3. The second kappa shape index (κ2) is 6.30. The van der Waals surface area contributed by atoms with Gasteiger partial charge in [-0.05, 0) is 55.8 Å². The van der Waals surface area contributed by atoms with Crippen molar-refractivity contribution >= 4 is 18.3 Å². The summed E-state index contributed by atoms with van der Waals surface area (Å²) in [5, 5.41) is 0. The maximum atomic E-state index is 15.6. The van der Waals surface area contributed by atoms with Gasteiger partial charge in [-0.3, -0.25) is 0 Å². The van der Waals surface area contributed by atoms with E-state index in [0.717, 1.165) is 8.96 Å². The number of ether oxygens (including phenoxy) is 2. The fourth-order valence-electron chi connectivity index (χ4n) is 4.63. The zero-order chi connectivity index (χ0) is 21.2. The van der Waals surface area contributed by atoms with E-state index >= 15 is 8.63 Å². The van der Waals surface area contributed by atoms with E-state index < -0.39 is 12.8 Å². The molecule has 0 N–H and O–H groups in total. The van der Waals surface area contributed by atoms with Crippen LogP contribution in [0.15, 0.2) is 35.5 Å². The highest BCUT2D eigenvalue weighted by molar-refractivity contribution is 6.58. The lowest BCUT2D eigenvalue weighted by atomic mass is 9.83. The molecule has 0 bridgehead atoms. The third kappa shape index (κ3) is 2.51. The third-order valence-electron chi connectivity index (χ3n) is 5.66. The number of aryl methyl sites for hydroxylation is 2. The lowest BCUT2D eigenvalue weighted by Gasteiger charge is -2.34. The van der Waals surface area contributed by atoms with Crippen LogP contribution in [0.4, 0.5) is 13.0 Å². The summed E-state index contributed by atoms with van der Waals surface area (Å²) in [5.74, 6) is -0.427. The van der Waals surface area contributed by atoms with Crippen molar-refractivity contribution in [1.29, 1.82) is 0 Å². The van der Waals surface area contributed by atoms with Gasteiger partial charge in [-0.2, -0.15) is 0 Å². The molecule has 4 nitrogen and oxygen atoms in total. The molecule has 0 fully saturated rings. The van der Waals surface area contributed by atoms with E-state index in [1.54, 1.807) is 45.9 Å².